The Morgan fingerprint density at radius 3 is 2.31 bits per heavy atom. The summed E-state index contributed by atoms with van der Waals surface area (Å²) in [5.41, 5.74) is 2.80. The molecule has 170 valence electrons. The van der Waals surface area contributed by atoms with E-state index in [4.69, 9.17) is 9.47 Å². The molecule has 2 heterocycles. The molecule has 0 spiro atoms. The first kappa shape index (κ1) is 22.2. The first-order chi connectivity index (χ1) is 15.5. The van der Waals surface area contributed by atoms with Gasteiger partial charge in [0.25, 0.3) is 5.91 Å². The molecule has 0 atom stereocenters. The molecule has 0 aliphatic carbocycles. The summed E-state index contributed by atoms with van der Waals surface area (Å²) in [6.07, 6.45) is 1.97. The van der Waals surface area contributed by atoms with E-state index in [1.165, 1.54) is 0 Å². The zero-order chi connectivity index (χ0) is 22.7. The van der Waals surface area contributed by atoms with Crippen molar-refractivity contribution in [2.75, 3.05) is 27.3 Å². The van der Waals surface area contributed by atoms with Crippen molar-refractivity contribution in [3.05, 3.63) is 59.8 Å². The van der Waals surface area contributed by atoms with Crippen molar-refractivity contribution in [2.24, 2.45) is 0 Å². The van der Waals surface area contributed by atoms with Crippen LogP contribution >= 0.6 is 0 Å². The number of aromatic nitrogens is 1. The molecule has 0 saturated carbocycles. The third kappa shape index (κ3) is 4.75. The van der Waals surface area contributed by atoms with E-state index in [1.54, 1.807) is 14.2 Å². The Bertz CT molecular complexity index is 1060. The van der Waals surface area contributed by atoms with Crippen LogP contribution < -0.4 is 14.8 Å². The number of amides is 1. The van der Waals surface area contributed by atoms with E-state index in [0.717, 1.165) is 59.6 Å². The van der Waals surface area contributed by atoms with Gasteiger partial charge in [0.05, 0.1) is 14.2 Å². The Morgan fingerprint density at radius 2 is 1.69 bits per heavy atom. The number of nitrogens with zero attached hydrogens (tertiary/aromatic N) is 2. The van der Waals surface area contributed by atoms with Crippen LogP contribution in [-0.4, -0.2) is 54.8 Å². The van der Waals surface area contributed by atoms with Gasteiger partial charge in [0, 0.05) is 48.7 Å². The van der Waals surface area contributed by atoms with Crippen molar-refractivity contribution < 1.29 is 14.3 Å². The standard InChI is InChI=1S/C26H33N3O3/c1-18(2)27-21-9-11-28(12-10-21)26(30)25-15-20-7-5-6-8-24(20)29(25)17-19-13-22(31-3)16-23(14-19)32-4/h5-8,13-16,18,21,27H,9-12,17H2,1-4H3. The molecule has 4 rings (SSSR count). The average Bonchev–Trinajstić information content (AvgIpc) is 3.16. The third-order valence-corrected chi connectivity index (χ3v) is 6.13. The monoisotopic (exact) mass is 435 g/mol. The van der Waals surface area contributed by atoms with Crippen LogP contribution in [0.25, 0.3) is 10.9 Å². The molecule has 0 bridgehead atoms. The molecule has 1 aromatic heterocycles. The number of para-hydroxylation sites is 1. The van der Waals surface area contributed by atoms with Crippen LogP contribution in [0.4, 0.5) is 0 Å². The van der Waals surface area contributed by atoms with Crippen LogP contribution in [0.15, 0.2) is 48.5 Å². The van der Waals surface area contributed by atoms with Crippen LogP contribution in [0, 0.1) is 0 Å². The van der Waals surface area contributed by atoms with Gasteiger partial charge in [0.2, 0.25) is 0 Å². The molecule has 3 aromatic rings. The van der Waals surface area contributed by atoms with Crippen LogP contribution in [0.1, 0.15) is 42.7 Å². The summed E-state index contributed by atoms with van der Waals surface area (Å²) in [6.45, 7) is 6.45. The highest BCUT2D eigenvalue weighted by atomic mass is 16.5. The number of hydrogen-bond donors (Lipinski definition) is 1. The largest absolute Gasteiger partial charge is 0.497 e. The summed E-state index contributed by atoms with van der Waals surface area (Å²) >= 11 is 0. The lowest BCUT2D eigenvalue weighted by Gasteiger charge is -2.33. The second-order valence-corrected chi connectivity index (χ2v) is 8.78. The van der Waals surface area contributed by atoms with Crippen molar-refractivity contribution >= 4 is 16.8 Å². The Kier molecular flexibility index (Phi) is 6.70. The Morgan fingerprint density at radius 1 is 1.03 bits per heavy atom. The maximum Gasteiger partial charge on any atom is 0.270 e. The average molecular weight is 436 g/mol. The number of carbonyl (C=O) groups excluding carboxylic acids is 1. The van der Waals surface area contributed by atoms with Crippen LogP contribution in [0.2, 0.25) is 0 Å². The molecule has 1 amide bonds. The topological polar surface area (TPSA) is 55.7 Å². The highest BCUT2D eigenvalue weighted by Crippen LogP contribution is 2.27. The van der Waals surface area contributed by atoms with Gasteiger partial charge >= 0.3 is 0 Å². The fourth-order valence-corrected chi connectivity index (χ4v) is 4.58. The zero-order valence-corrected chi connectivity index (χ0v) is 19.4. The highest BCUT2D eigenvalue weighted by molar-refractivity contribution is 5.99. The number of likely N-dealkylation sites (tertiary alicyclic amines) is 1. The van der Waals surface area contributed by atoms with Crippen LogP contribution in [0.3, 0.4) is 0 Å². The predicted molar refractivity (Wildman–Crippen MR) is 128 cm³/mol. The minimum Gasteiger partial charge on any atom is -0.497 e. The first-order valence-corrected chi connectivity index (χ1v) is 11.3. The molecular weight excluding hydrogens is 402 g/mol. The smallest absolute Gasteiger partial charge is 0.270 e. The molecule has 0 radical (unpaired) electrons. The summed E-state index contributed by atoms with van der Waals surface area (Å²) in [5.74, 6) is 1.57. The summed E-state index contributed by atoms with van der Waals surface area (Å²) in [6, 6.07) is 17.0. The molecule has 1 saturated heterocycles. The molecule has 1 N–H and O–H groups in total. The lowest BCUT2D eigenvalue weighted by atomic mass is 10.0. The molecule has 6 nitrogen and oxygen atoms in total. The number of ether oxygens (including phenoxy) is 2. The van der Waals surface area contributed by atoms with E-state index in [0.29, 0.717) is 18.6 Å². The van der Waals surface area contributed by atoms with Gasteiger partial charge in [-0.05, 0) is 42.7 Å². The lowest BCUT2D eigenvalue weighted by molar-refractivity contribution is 0.0693. The van der Waals surface area contributed by atoms with Gasteiger partial charge < -0.3 is 24.3 Å². The summed E-state index contributed by atoms with van der Waals surface area (Å²) in [5, 5.41) is 4.67. The number of methoxy groups -OCH3 is 2. The molecular formula is C26H33N3O3. The number of nitrogens with one attached hydrogen (secondary N) is 1. The molecule has 32 heavy (non-hydrogen) atoms. The number of rotatable bonds is 7. The Hall–Kier alpha value is -2.99. The SMILES string of the molecule is COc1cc(Cn2c(C(=O)N3CCC(NC(C)C)CC3)cc3ccccc32)cc(OC)c1. The van der Waals surface area contributed by atoms with Gasteiger partial charge in [-0.1, -0.05) is 32.0 Å². The predicted octanol–water partition coefficient (Wildman–Crippen LogP) is 4.31. The van der Waals surface area contributed by atoms with Gasteiger partial charge in [0.1, 0.15) is 17.2 Å². The van der Waals surface area contributed by atoms with E-state index in [2.05, 4.69) is 35.9 Å². The quantitative estimate of drug-likeness (QED) is 0.601. The van der Waals surface area contributed by atoms with Gasteiger partial charge in [-0.25, -0.2) is 0 Å². The molecule has 6 heteroatoms. The third-order valence-electron chi connectivity index (χ3n) is 6.13. The number of benzene rings is 2. The minimum absolute atomic E-state index is 0.0964. The number of hydrogen-bond acceptors (Lipinski definition) is 4. The van der Waals surface area contributed by atoms with E-state index in [-0.39, 0.29) is 5.91 Å². The second-order valence-electron chi connectivity index (χ2n) is 8.78. The lowest BCUT2D eigenvalue weighted by Crippen LogP contribution is -2.47. The van der Waals surface area contributed by atoms with Gasteiger partial charge in [0.15, 0.2) is 0 Å². The van der Waals surface area contributed by atoms with Crippen molar-refractivity contribution in [1.29, 1.82) is 0 Å². The maximum absolute atomic E-state index is 13.6. The number of fused-ring (bicyclic) bond motifs is 1. The maximum atomic E-state index is 13.6. The van der Waals surface area contributed by atoms with Crippen molar-refractivity contribution in [3.8, 4) is 11.5 Å². The Balaban J connectivity index is 1.63. The van der Waals surface area contributed by atoms with Crippen molar-refractivity contribution in [1.82, 2.24) is 14.8 Å². The molecule has 1 fully saturated rings. The summed E-state index contributed by atoms with van der Waals surface area (Å²) < 4.78 is 13.0. The van der Waals surface area contributed by atoms with Crippen molar-refractivity contribution in [3.63, 3.8) is 0 Å². The molecule has 1 aliphatic heterocycles. The van der Waals surface area contributed by atoms with Gasteiger partial charge in [-0.2, -0.15) is 0 Å². The minimum atomic E-state index is 0.0964. The number of carbonyl (C=O) groups is 1. The summed E-state index contributed by atoms with van der Waals surface area (Å²) in [7, 11) is 3.30. The first-order valence-electron chi connectivity index (χ1n) is 11.3. The highest BCUT2D eigenvalue weighted by Gasteiger charge is 2.26. The molecule has 2 aromatic carbocycles. The van der Waals surface area contributed by atoms with Crippen LogP contribution in [0.5, 0.6) is 11.5 Å². The summed E-state index contributed by atoms with van der Waals surface area (Å²) in [4.78, 5) is 15.6. The zero-order valence-electron chi connectivity index (χ0n) is 19.4. The van der Waals surface area contributed by atoms with Crippen LogP contribution in [-0.2, 0) is 6.54 Å². The molecule has 1 aliphatic rings. The normalized spacial score (nSPS) is 14.8. The number of piperidine rings is 1. The fraction of sp³-hybridized carbons (Fsp3) is 0.423. The van der Waals surface area contributed by atoms with E-state index >= 15 is 0 Å². The van der Waals surface area contributed by atoms with Crippen molar-refractivity contribution in [2.45, 2.75) is 45.3 Å². The molecule has 0 unspecified atom stereocenters. The van der Waals surface area contributed by atoms with E-state index in [1.807, 2.05) is 41.3 Å². The van der Waals surface area contributed by atoms with Gasteiger partial charge in [-0.15, -0.1) is 0 Å². The Labute approximate surface area is 190 Å². The van der Waals surface area contributed by atoms with Gasteiger partial charge in [-0.3, -0.25) is 4.79 Å². The second kappa shape index (κ2) is 9.65. The fourth-order valence-electron chi connectivity index (χ4n) is 4.58. The van der Waals surface area contributed by atoms with E-state index < -0.39 is 0 Å². The van der Waals surface area contributed by atoms with E-state index in [9.17, 15) is 4.79 Å².